The molecule has 0 amide bonds. The predicted octanol–water partition coefficient (Wildman–Crippen LogP) is 8.22. The van der Waals surface area contributed by atoms with Crippen molar-refractivity contribution in [1.29, 1.82) is 5.41 Å². The SMILES string of the molecule is Cc1cc(C)cc(-c2cccc(-c3cc(C)cc(C)c3)c2C(=N)NP(c2ccccc2)c2ccccc2)c1. The Morgan fingerprint density at radius 2 is 0.921 bits per heavy atom. The van der Waals surface area contributed by atoms with Crippen molar-refractivity contribution < 1.29 is 0 Å². The van der Waals surface area contributed by atoms with Gasteiger partial charge in [-0.3, -0.25) is 5.41 Å². The number of hydrogen-bond donors (Lipinski definition) is 2. The van der Waals surface area contributed by atoms with Crippen LogP contribution in [0.3, 0.4) is 0 Å². The topological polar surface area (TPSA) is 35.9 Å². The van der Waals surface area contributed by atoms with Crippen molar-refractivity contribution in [2.75, 3.05) is 0 Å². The highest BCUT2D eigenvalue weighted by Gasteiger charge is 2.21. The zero-order chi connectivity index (χ0) is 26.6. The number of nitrogens with one attached hydrogen (secondary N) is 2. The van der Waals surface area contributed by atoms with E-state index in [1.807, 2.05) is 12.1 Å². The van der Waals surface area contributed by atoms with Crippen LogP contribution in [0.25, 0.3) is 22.3 Å². The molecule has 0 saturated carbocycles. The van der Waals surface area contributed by atoms with E-state index >= 15 is 0 Å². The van der Waals surface area contributed by atoms with E-state index < -0.39 is 8.07 Å². The van der Waals surface area contributed by atoms with E-state index in [1.165, 1.54) is 32.9 Å². The highest BCUT2D eigenvalue weighted by Crippen LogP contribution is 2.37. The molecular formula is C35H33N2P. The van der Waals surface area contributed by atoms with Crippen LogP contribution in [0.2, 0.25) is 0 Å². The van der Waals surface area contributed by atoms with Gasteiger partial charge < -0.3 is 5.09 Å². The zero-order valence-corrected chi connectivity index (χ0v) is 23.3. The number of rotatable bonds is 6. The Kier molecular flexibility index (Phi) is 7.54. The zero-order valence-electron chi connectivity index (χ0n) is 22.4. The van der Waals surface area contributed by atoms with Crippen LogP contribution in [0.5, 0.6) is 0 Å². The van der Waals surface area contributed by atoms with E-state index in [0.717, 1.165) is 27.8 Å². The van der Waals surface area contributed by atoms with Crippen LogP contribution in [0.15, 0.2) is 115 Å². The van der Waals surface area contributed by atoms with Crippen LogP contribution in [0, 0.1) is 33.1 Å². The minimum absolute atomic E-state index is 0.438. The molecule has 0 atom stereocenters. The average Bonchev–Trinajstić information content (AvgIpc) is 2.91. The Bertz CT molecular complexity index is 1440. The van der Waals surface area contributed by atoms with Crippen molar-refractivity contribution in [1.82, 2.24) is 5.09 Å². The molecule has 0 bridgehead atoms. The van der Waals surface area contributed by atoms with Gasteiger partial charge in [0.2, 0.25) is 0 Å². The molecule has 0 radical (unpaired) electrons. The second-order valence-corrected chi connectivity index (χ2v) is 11.9. The van der Waals surface area contributed by atoms with Gasteiger partial charge in [-0.25, -0.2) is 0 Å². The van der Waals surface area contributed by atoms with E-state index in [1.54, 1.807) is 0 Å². The van der Waals surface area contributed by atoms with Crippen LogP contribution in [-0.2, 0) is 0 Å². The van der Waals surface area contributed by atoms with Gasteiger partial charge in [0, 0.05) is 16.2 Å². The lowest BCUT2D eigenvalue weighted by atomic mass is 9.89. The van der Waals surface area contributed by atoms with Crippen LogP contribution in [0.4, 0.5) is 0 Å². The summed E-state index contributed by atoms with van der Waals surface area (Å²) in [6.07, 6.45) is 0. The molecule has 0 spiro atoms. The fraction of sp³-hybridized carbons (Fsp3) is 0.114. The average molecular weight is 513 g/mol. The molecule has 5 aromatic rings. The smallest absolute Gasteiger partial charge is 0.130 e. The summed E-state index contributed by atoms with van der Waals surface area (Å²) in [5, 5.41) is 15.6. The molecule has 0 heterocycles. The van der Waals surface area contributed by atoms with E-state index in [4.69, 9.17) is 0 Å². The minimum Gasteiger partial charge on any atom is -0.342 e. The summed E-state index contributed by atoms with van der Waals surface area (Å²) in [5.41, 5.74) is 10.2. The first kappa shape index (κ1) is 25.6. The molecular weight excluding hydrogens is 479 g/mol. The van der Waals surface area contributed by atoms with Crippen molar-refractivity contribution >= 4 is 24.5 Å². The Labute approximate surface area is 227 Å². The number of amidine groups is 1. The molecule has 3 heteroatoms. The third kappa shape index (κ3) is 5.62. The van der Waals surface area contributed by atoms with Gasteiger partial charge in [0.1, 0.15) is 5.84 Å². The molecule has 0 aliphatic carbocycles. The molecule has 0 aliphatic rings. The molecule has 38 heavy (non-hydrogen) atoms. The Morgan fingerprint density at radius 3 is 1.32 bits per heavy atom. The number of hydrogen-bond acceptors (Lipinski definition) is 1. The third-order valence-electron chi connectivity index (χ3n) is 6.63. The van der Waals surface area contributed by atoms with E-state index in [9.17, 15) is 5.41 Å². The summed E-state index contributed by atoms with van der Waals surface area (Å²) in [7, 11) is -0.976. The lowest BCUT2D eigenvalue weighted by Crippen LogP contribution is -2.29. The first-order chi connectivity index (χ1) is 18.4. The first-order valence-electron chi connectivity index (χ1n) is 13.0. The Hall–Kier alpha value is -4.00. The van der Waals surface area contributed by atoms with Crippen LogP contribution in [0.1, 0.15) is 27.8 Å². The monoisotopic (exact) mass is 512 g/mol. The highest BCUT2D eigenvalue weighted by molar-refractivity contribution is 7.71. The molecule has 0 saturated heterocycles. The standard InChI is InChI=1S/C35H33N2P/c1-24-18-25(2)21-28(20-24)32-16-11-17-33(29-22-26(3)19-27(4)23-29)34(32)35(36)37-38(30-12-7-5-8-13-30)31-14-9-6-10-15-31/h5-23H,1-4H3,(H2,36,37). The van der Waals surface area contributed by atoms with E-state index in [-0.39, 0.29) is 0 Å². The van der Waals surface area contributed by atoms with Crippen molar-refractivity contribution in [2.24, 2.45) is 0 Å². The largest absolute Gasteiger partial charge is 0.342 e. The predicted molar refractivity (Wildman–Crippen MR) is 165 cm³/mol. The summed E-state index contributed by atoms with van der Waals surface area (Å²) < 4.78 is 0. The van der Waals surface area contributed by atoms with Crippen molar-refractivity contribution in [3.8, 4) is 22.3 Å². The quantitative estimate of drug-likeness (QED) is 0.134. The lowest BCUT2D eigenvalue weighted by molar-refractivity contribution is 1.33. The summed E-state index contributed by atoms with van der Waals surface area (Å²) >= 11 is 0. The summed E-state index contributed by atoms with van der Waals surface area (Å²) in [6.45, 7) is 8.55. The van der Waals surface area contributed by atoms with Crippen LogP contribution < -0.4 is 15.7 Å². The molecule has 5 aromatic carbocycles. The molecule has 2 nitrogen and oxygen atoms in total. The summed E-state index contributed by atoms with van der Waals surface area (Å²) in [5.74, 6) is 0.438. The molecule has 0 aliphatic heterocycles. The van der Waals surface area contributed by atoms with Crippen LogP contribution in [-0.4, -0.2) is 5.84 Å². The molecule has 188 valence electrons. The fourth-order valence-corrected chi connectivity index (χ4v) is 7.00. The van der Waals surface area contributed by atoms with Gasteiger partial charge in [-0.05, 0) is 49.9 Å². The Balaban J connectivity index is 1.69. The second kappa shape index (κ2) is 11.2. The second-order valence-electron chi connectivity index (χ2n) is 9.97. The van der Waals surface area contributed by atoms with Gasteiger partial charge in [-0.15, -0.1) is 0 Å². The first-order valence-corrected chi connectivity index (χ1v) is 14.3. The molecule has 0 fully saturated rings. The molecule has 5 rings (SSSR count). The maximum absolute atomic E-state index is 9.56. The van der Waals surface area contributed by atoms with Gasteiger partial charge in [-0.2, -0.15) is 0 Å². The molecule has 0 aromatic heterocycles. The summed E-state index contributed by atoms with van der Waals surface area (Å²) in [4.78, 5) is 0. The van der Waals surface area contributed by atoms with E-state index in [0.29, 0.717) is 5.84 Å². The van der Waals surface area contributed by atoms with Gasteiger partial charge in [0.05, 0.1) is 8.07 Å². The van der Waals surface area contributed by atoms with Crippen molar-refractivity contribution in [3.05, 3.63) is 143 Å². The number of aryl methyl sites for hydroxylation is 4. The van der Waals surface area contributed by atoms with Gasteiger partial charge in [0.15, 0.2) is 0 Å². The van der Waals surface area contributed by atoms with Crippen molar-refractivity contribution in [2.45, 2.75) is 27.7 Å². The third-order valence-corrected chi connectivity index (χ3v) is 8.71. The normalized spacial score (nSPS) is 11.0. The fourth-order valence-electron chi connectivity index (χ4n) is 5.16. The molecule has 2 N–H and O–H groups in total. The minimum atomic E-state index is -0.976. The van der Waals surface area contributed by atoms with Gasteiger partial charge in [-0.1, -0.05) is 138 Å². The summed E-state index contributed by atoms with van der Waals surface area (Å²) in [6, 6.07) is 40.7. The van der Waals surface area contributed by atoms with Gasteiger partial charge in [0.25, 0.3) is 0 Å². The molecule has 0 unspecified atom stereocenters. The van der Waals surface area contributed by atoms with Crippen molar-refractivity contribution in [3.63, 3.8) is 0 Å². The maximum Gasteiger partial charge on any atom is 0.130 e. The lowest BCUT2D eigenvalue weighted by Gasteiger charge is -2.24. The van der Waals surface area contributed by atoms with E-state index in [2.05, 4.69) is 136 Å². The highest BCUT2D eigenvalue weighted by atomic mass is 31.1. The van der Waals surface area contributed by atoms with Crippen LogP contribution >= 0.6 is 8.07 Å². The number of benzene rings is 5. The Morgan fingerprint density at radius 1 is 0.526 bits per heavy atom. The maximum atomic E-state index is 9.56. The van der Waals surface area contributed by atoms with Gasteiger partial charge >= 0.3 is 0 Å².